The number of hydrogen-bond acceptors (Lipinski definition) is 5. The van der Waals surface area contributed by atoms with Crippen molar-refractivity contribution in [3.63, 3.8) is 0 Å². The lowest BCUT2D eigenvalue weighted by Crippen LogP contribution is -2.11. The summed E-state index contributed by atoms with van der Waals surface area (Å²) < 4.78 is 16.3. The highest BCUT2D eigenvalue weighted by Crippen LogP contribution is 2.34. The van der Waals surface area contributed by atoms with Crippen molar-refractivity contribution in [2.75, 3.05) is 30.5 Å². The van der Waals surface area contributed by atoms with E-state index in [1.54, 1.807) is 24.5 Å². The maximum atomic E-state index is 11.1. The Morgan fingerprint density at radius 3 is 2.79 bits per heavy atom. The predicted molar refractivity (Wildman–Crippen MR) is 76.3 cm³/mol. The fraction of sp³-hybridized carbons (Fsp3) is 0.500. The van der Waals surface area contributed by atoms with E-state index in [-0.39, 0.29) is 11.4 Å². The van der Waals surface area contributed by atoms with Crippen LogP contribution in [-0.4, -0.2) is 34.3 Å². The van der Waals surface area contributed by atoms with Gasteiger partial charge in [0.1, 0.15) is 5.69 Å². The number of hydrogen-bond donors (Lipinski definition) is 1. The second-order valence-corrected chi connectivity index (χ2v) is 5.52. The van der Waals surface area contributed by atoms with Gasteiger partial charge in [-0.25, -0.2) is 0 Å². The molecular formula is C12H18N2O4S. The van der Waals surface area contributed by atoms with Gasteiger partial charge < -0.3 is 10.1 Å². The zero-order valence-corrected chi connectivity index (χ0v) is 11.9. The van der Waals surface area contributed by atoms with Crippen LogP contribution in [0.15, 0.2) is 18.2 Å². The van der Waals surface area contributed by atoms with Crippen LogP contribution in [-0.2, 0) is 10.8 Å². The first-order valence-corrected chi connectivity index (χ1v) is 7.73. The van der Waals surface area contributed by atoms with Crippen LogP contribution in [0.2, 0.25) is 0 Å². The highest BCUT2D eigenvalue weighted by Gasteiger charge is 2.20. The molecule has 0 heterocycles. The van der Waals surface area contributed by atoms with Crippen molar-refractivity contribution >= 4 is 22.2 Å². The maximum Gasteiger partial charge on any atom is 0.333 e. The van der Waals surface area contributed by atoms with E-state index in [4.69, 9.17) is 4.74 Å². The molecule has 0 radical (unpaired) electrons. The van der Waals surface area contributed by atoms with E-state index in [1.165, 1.54) is 0 Å². The summed E-state index contributed by atoms with van der Waals surface area (Å²) in [5, 5.41) is 14.1. The number of anilines is 1. The number of para-hydroxylation sites is 1. The SMILES string of the molecule is CCCOc1cccc(NCCS(C)=O)c1[N+](=O)[O-]. The lowest BCUT2D eigenvalue weighted by atomic mass is 10.2. The third kappa shape index (κ3) is 4.86. The average Bonchev–Trinajstić information content (AvgIpc) is 2.35. The van der Waals surface area contributed by atoms with E-state index in [0.29, 0.717) is 24.6 Å². The number of rotatable bonds is 8. The van der Waals surface area contributed by atoms with E-state index in [1.807, 2.05) is 6.92 Å². The van der Waals surface area contributed by atoms with Crippen LogP contribution in [0.5, 0.6) is 5.75 Å². The number of nitrogens with zero attached hydrogens (tertiary/aromatic N) is 1. The van der Waals surface area contributed by atoms with Gasteiger partial charge in [-0.15, -0.1) is 0 Å². The Bertz CT molecular complexity index is 465. The molecule has 0 spiro atoms. The summed E-state index contributed by atoms with van der Waals surface area (Å²) in [6.07, 6.45) is 2.38. The summed E-state index contributed by atoms with van der Waals surface area (Å²) in [6.45, 7) is 2.79. The van der Waals surface area contributed by atoms with Crippen molar-refractivity contribution in [3.05, 3.63) is 28.3 Å². The van der Waals surface area contributed by atoms with E-state index in [9.17, 15) is 14.3 Å². The fourth-order valence-electron chi connectivity index (χ4n) is 1.51. The molecule has 0 saturated carbocycles. The molecule has 0 aromatic heterocycles. The molecule has 0 aliphatic rings. The Morgan fingerprint density at radius 1 is 1.47 bits per heavy atom. The quantitative estimate of drug-likeness (QED) is 0.585. The van der Waals surface area contributed by atoms with Crippen molar-refractivity contribution in [3.8, 4) is 5.75 Å². The molecule has 1 aromatic carbocycles. The standard InChI is InChI=1S/C12H18N2O4S/c1-3-8-18-11-6-4-5-10(12(11)14(15)16)13-7-9-19(2)17/h4-6,13H,3,7-9H2,1-2H3. The molecule has 1 unspecified atom stereocenters. The highest BCUT2D eigenvalue weighted by molar-refractivity contribution is 7.84. The normalized spacial score (nSPS) is 11.9. The first-order valence-electron chi connectivity index (χ1n) is 6.00. The van der Waals surface area contributed by atoms with Gasteiger partial charge in [0.25, 0.3) is 0 Å². The van der Waals surface area contributed by atoms with Gasteiger partial charge in [0, 0.05) is 29.4 Å². The summed E-state index contributed by atoms with van der Waals surface area (Å²) in [6, 6.07) is 4.90. The van der Waals surface area contributed by atoms with Gasteiger partial charge in [-0.2, -0.15) is 0 Å². The molecule has 0 aliphatic carbocycles. The summed E-state index contributed by atoms with van der Waals surface area (Å²) in [7, 11) is -0.930. The van der Waals surface area contributed by atoms with Crippen molar-refractivity contribution in [2.45, 2.75) is 13.3 Å². The van der Waals surface area contributed by atoms with Crippen LogP contribution in [0.1, 0.15) is 13.3 Å². The number of nitro benzene ring substituents is 1. The number of benzene rings is 1. The molecule has 1 rings (SSSR count). The smallest absolute Gasteiger partial charge is 0.333 e. The van der Waals surface area contributed by atoms with E-state index in [2.05, 4.69) is 5.32 Å². The fourth-order valence-corrected chi connectivity index (χ4v) is 1.90. The topological polar surface area (TPSA) is 81.5 Å². The van der Waals surface area contributed by atoms with Gasteiger partial charge in [0.05, 0.1) is 11.5 Å². The van der Waals surface area contributed by atoms with E-state index >= 15 is 0 Å². The molecule has 0 saturated heterocycles. The molecule has 1 atom stereocenters. The van der Waals surface area contributed by atoms with E-state index < -0.39 is 15.7 Å². The zero-order chi connectivity index (χ0) is 14.3. The Kier molecular flexibility index (Phi) is 6.27. The molecule has 6 nitrogen and oxygen atoms in total. The van der Waals surface area contributed by atoms with Crippen LogP contribution in [0.4, 0.5) is 11.4 Å². The van der Waals surface area contributed by atoms with Crippen molar-refractivity contribution in [2.24, 2.45) is 0 Å². The largest absolute Gasteiger partial charge is 0.487 e. The molecule has 1 aromatic rings. The monoisotopic (exact) mass is 286 g/mol. The van der Waals surface area contributed by atoms with Crippen LogP contribution in [0, 0.1) is 10.1 Å². The maximum absolute atomic E-state index is 11.1. The van der Waals surface area contributed by atoms with Crippen LogP contribution >= 0.6 is 0 Å². The van der Waals surface area contributed by atoms with Crippen molar-refractivity contribution in [1.29, 1.82) is 0 Å². The molecule has 106 valence electrons. The molecule has 0 bridgehead atoms. The third-order valence-corrected chi connectivity index (χ3v) is 3.13. The molecular weight excluding hydrogens is 268 g/mol. The predicted octanol–water partition coefficient (Wildman–Crippen LogP) is 2.17. The first-order chi connectivity index (χ1) is 9.06. The molecule has 19 heavy (non-hydrogen) atoms. The Labute approximate surface area is 114 Å². The second-order valence-electron chi connectivity index (χ2n) is 3.96. The number of nitro groups is 1. The molecule has 1 N–H and O–H groups in total. The van der Waals surface area contributed by atoms with Gasteiger partial charge >= 0.3 is 5.69 Å². The minimum absolute atomic E-state index is 0.0714. The molecule has 0 amide bonds. The molecule has 0 fully saturated rings. The summed E-state index contributed by atoms with van der Waals surface area (Å²) in [5.74, 6) is 0.700. The van der Waals surface area contributed by atoms with Crippen LogP contribution in [0.25, 0.3) is 0 Å². The van der Waals surface area contributed by atoms with Crippen LogP contribution < -0.4 is 10.1 Å². The summed E-state index contributed by atoms with van der Waals surface area (Å²) >= 11 is 0. The zero-order valence-electron chi connectivity index (χ0n) is 11.0. The van der Waals surface area contributed by atoms with Gasteiger partial charge in [0.2, 0.25) is 0 Å². The first kappa shape index (κ1) is 15.4. The molecule has 7 heteroatoms. The second kappa shape index (κ2) is 7.73. The van der Waals surface area contributed by atoms with Gasteiger partial charge in [0.15, 0.2) is 5.75 Å². The Balaban J connectivity index is 2.89. The van der Waals surface area contributed by atoms with Gasteiger partial charge in [-0.1, -0.05) is 13.0 Å². The van der Waals surface area contributed by atoms with Crippen molar-refractivity contribution < 1.29 is 13.9 Å². The van der Waals surface area contributed by atoms with E-state index in [0.717, 1.165) is 6.42 Å². The van der Waals surface area contributed by atoms with Gasteiger partial charge in [-0.3, -0.25) is 14.3 Å². The Morgan fingerprint density at radius 2 is 2.21 bits per heavy atom. The number of ether oxygens (including phenoxy) is 1. The summed E-state index contributed by atoms with van der Waals surface area (Å²) in [5.41, 5.74) is 0.321. The Hall–Kier alpha value is -1.63. The number of nitrogens with one attached hydrogen (secondary N) is 1. The lowest BCUT2D eigenvalue weighted by Gasteiger charge is -2.10. The minimum Gasteiger partial charge on any atom is -0.487 e. The average molecular weight is 286 g/mol. The lowest BCUT2D eigenvalue weighted by molar-refractivity contribution is -0.385. The van der Waals surface area contributed by atoms with Crippen LogP contribution in [0.3, 0.4) is 0 Å². The minimum atomic E-state index is -0.930. The third-order valence-electron chi connectivity index (χ3n) is 2.35. The van der Waals surface area contributed by atoms with Gasteiger partial charge in [-0.05, 0) is 18.6 Å². The van der Waals surface area contributed by atoms with Crippen molar-refractivity contribution in [1.82, 2.24) is 0 Å². The molecule has 0 aliphatic heterocycles. The summed E-state index contributed by atoms with van der Waals surface area (Å²) in [4.78, 5) is 10.7. The highest BCUT2D eigenvalue weighted by atomic mass is 32.2.